The third-order valence-corrected chi connectivity index (χ3v) is 2.57. The first-order valence-corrected chi connectivity index (χ1v) is 5.64. The second-order valence-electron chi connectivity index (χ2n) is 3.96. The molecule has 0 radical (unpaired) electrons. The number of methoxy groups -OCH3 is 1. The minimum absolute atomic E-state index is 0.122. The van der Waals surface area contributed by atoms with Gasteiger partial charge in [0, 0.05) is 32.9 Å². The zero-order chi connectivity index (χ0) is 13.5. The van der Waals surface area contributed by atoms with Gasteiger partial charge in [-0.2, -0.15) is 0 Å². The molecule has 0 saturated carbocycles. The topological polar surface area (TPSA) is 66.8 Å². The number of ether oxygens (including phenoxy) is 1. The predicted octanol–water partition coefficient (Wildman–Crippen LogP) is 1.49. The van der Waals surface area contributed by atoms with Crippen LogP contribution >= 0.6 is 0 Å². The number of carbonyl (C=O) groups excluding carboxylic acids is 1. The van der Waals surface area contributed by atoms with Crippen molar-refractivity contribution < 1.29 is 19.4 Å². The van der Waals surface area contributed by atoms with Crippen LogP contribution in [-0.4, -0.2) is 49.2 Å². The maximum absolute atomic E-state index is 12.0. The molecule has 18 heavy (non-hydrogen) atoms. The summed E-state index contributed by atoms with van der Waals surface area (Å²) in [7, 11) is 3.33. The Morgan fingerprint density at radius 3 is 2.28 bits per heavy atom. The van der Waals surface area contributed by atoms with Crippen LogP contribution in [0.15, 0.2) is 24.3 Å². The first kappa shape index (κ1) is 14.2. The minimum Gasteiger partial charge on any atom is -0.478 e. The lowest BCUT2D eigenvalue weighted by atomic mass is 10.1. The fourth-order valence-corrected chi connectivity index (χ4v) is 1.52. The van der Waals surface area contributed by atoms with Crippen molar-refractivity contribution in [3.05, 3.63) is 35.4 Å². The van der Waals surface area contributed by atoms with Crippen molar-refractivity contribution in [2.45, 2.75) is 6.42 Å². The quantitative estimate of drug-likeness (QED) is 0.778. The highest BCUT2D eigenvalue weighted by molar-refractivity contribution is 5.95. The monoisotopic (exact) mass is 251 g/mol. The van der Waals surface area contributed by atoms with E-state index < -0.39 is 5.97 Å². The molecule has 0 aliphatic rings. The maximum atomic E-state index is 12.0. The number of rotatable bonds is 6. The molecule has 0 aliphatic carbocycles. The van der Waals surface area contributed by atoms with Gasteiger partial charge in [0.1, 0.15) is 0 Å². The van der Waals surface area contributed by atoms with Crippen LogP contribution in [0.4, 0.5) is 0 Å². The van der Waals surface area contributed by atoms with Gasteiger partial charge in [0.05, 0.1) is 5.56 Å². The molecule has 0 atom stereocenters. The molecule has 0 aromatic heterocycles. The molecule has 5 heteroatoms. The number of carboxylic acids is 1. The molecule has 5 nitrogen and oxygen atoms in total. The van der Waals surface area contributed by atoms with E-state index in [9.17, 15) is 9.59 Å². The predicted molar refractivity (Wildman–Crippen MR) is 66.9 cm³/mol. The smallest absolute Gasteiger partial charge is 0.335 e. The lowest BCUT2D eigenvalue weighted by Gasteiger charge is -2.16. The van der Waals surface area contributed by atoms with Gasteiger partial charge in [0.25, 0.3) is 5.91 Å². The van der Waals surface area contributed by atoms with E-state index in [1.54, 1.807) is 19.1 Å². The van der Waals surface area contributed by atoms with Crippen molar-refractivity contribution in [2.24, 2.45) is 0 Å². The van der Waals surface area contributed by atoms with Crippen LogP contribution in [0, 0.1) is 0 Å². The third kappa shape index (κ3) is 3.85. The average Bonchev–Trinajstić information content (AvgIpc) is 2.38. The number of benzene rings is 1. The van der Waals surface area contributed by atoms with E-state index >= 15 is 0 Å². The molecule has 0 heterocycles. The van der Waals surface area contributed by atoms with Gasteiger partial charge >= 0.3 is 5.97 Å². The minimum atomic E-state index is -0.998. The van der Waals surface area contributed by atoms with Gasteiger partial charge in [0.2, 0.25) is 0 Å². The van der Waals surface area contributed by atoms with E-state index in [2.05, 4.69) is 0 Å². The Balaban J connectivity index is 2.63. The molecule has 0 unspecified atom stereocenters. The molecule has 0 bridgehead atoms. The van der Waals surface area contributed by atoms with Gasteiger partial charge in [-0.15, -0.1) is 0 Å². The van der Waals surface area contributed by atoms with E-state index in [0.717, 1.165) is 6.42 Å². The molecule has 1 aromatic rings. The summed E-state index contributed by atoms with van der Waals surface area (Å²) in [5, 5.41) is 8.76. The van der Waals surface area contributed by atoms with Crippen LogP contribution < -0.4 is 0 Å². The highest BCUT2D eigenvalue weighted by Gasteiger charge is 2.12. The fraction of sp³-hybridized carbons (Fsp3) is 0.385. The Morgan fingerprint density at radius 1 is 1.22 bits per heavy atom. The second-order valence-corrected chi connectivity index (χ2v) is 3.96. The molecular formula is C13H17NO4. The Labute approximate surface area is 106 Å². The highest BCUT2D eigenvalue weighted by atomic mass is 16.5. The summed E-state index contributed by atoms with van der Waals surface area (Å²) in [6.07, 6.45) is 0.770. The second kappa shape index (κ2) is 6.76. The molecule has 1 N–H and O–H groups in total. The van der Waals surface area contributed by atoms with Gasteiger partial charge in [-0.1, -0.05) is 0 Å². The number of hydrogen-bond acceptors (Lipinski definition) is 3. The standard InChI is InChI=1S/C13H17NO4/c1-14(8-3-9-18-2)12(15)10-4-6-11(7-5-10)13(16)17/h4-7H,3,8-9H2,1-2H3,(H,16,17). The number of nitrogens with zero attached hydrogens (tertiary/aromatic N) is 1. The van der Waals surface area contributed by atoms with Gasteiger partial charge < -0.3 is 14.7 Å². The molecule has 0 spiro atoms. The van der Waals surface area contributed by atoms with Crippen molar-refractivity contribution in [2.75, 3.05) is 27.3 Å². The van der Waals surface area contributed by atoms with Gasteiger partial charge in [-0.05, 0) is 30.7 Å². The van der Waals surface area contributed by atoms with E-state index in [-0.39, 0.29) is 11.5 Å². The fourth-order valence-electron chi connectivity index (χ4n) is 1.52. The average molecular weight is 251 g/mol. The molecular weight excluding hydrogens is 234 g/mol. The van der Waals surface area contributed by atoms with Crippen LogP contribution in [0.25, 0.3) is 0 Å². The van der Waals surface area contributed by atoms with Crippen molar-refractivity contribution in [1.82, 2.24) is 4.90 Å². The number of carboxylic acid groups (broad SMARTS) is 1. The number of amides is 1. The van der Waals surface area contributed by atoms with Gasteiger partial charge in [-0.3, -0.25) is 4.79 Å². The summed E-state index contributed by atoms with van der Waals surface area (Å²) in [6.45, 7) is 1.21. The van der Waals surface area contributed by atoms with Crippen LogP contribution in [0.5, 0.6) is 0 Å². The lowest BCUT2D eigenvalue weighted by Crippen LogP contribution is -2.28. The Bertz CT molecular complexity index is 414. The molecule has 0 saturated heterocycles. The Morgan fingerprint density at radius 2 is 1.78 bits per heavy atom. The molecule has 98 valence electrons. The van der Waals surface area contributed by atoms with Crippen molar-refractivity contribution in [3.63, 3.8) is 0 Å². The van der Waals surface area contributed by atoms with E-state index in [4.69, 9.17) is 9.84 Å². The third-order valence-electron chi connectivity index (χ3n) is 2.57. The van der Waals surface area contributed by atoms with Crippen molar-refractivity contribution in [1.29, 1.82) is 0 Å². The SMILES string of the molecule is COCCCN(C)C(=O)c1ccc(C(=O)O)cc1. The number of carbonyl (C=O) groups is 2. The summed E-state index contributed by atoms with van der Waals surface area (Å²) < 4.78 is 4.92. The normalized spacial score (nSPS) is 10.1. The van der Waals surface area contributed by atoms with E-state index in [0.29, 0.717) is 18.7 Å². The summed E-state index contributed by atoms with van der Waals surface area (Å²) in [5.41, 5.74) is 0.661. The highest BCUT2D eigenvalue weighted by Crippen LogP contribution is 2.07. The molecule has 1 rings (SSSR count). The molecule has 1 aromatic carbocycles. The first-order chi connectivity index (χ1) is 8.56. The Kier molecular flexibility index (Phi) is 5.32. The van der Waals surface area contributed by atoms with Crippen molar-refractivity contribution in [3.8, 4) is 0 Å². The number of aromatic carboxylic acids is 1. The van der Waals surface area contributed by atoms with Crippen LogP contribution in [0.3, 0.4) is 0 Å². The first-order valence-electron chi connectivity index (χ1n) is 5.64. The summed E-state index contributed by atoms with van der Waals surface area (Å²) >= 11 is 0. The number of hydrogen-bond donors (Lipinski definition) is 1. The maximum Gasteiger partial charge on any atom is 0.335 e. The summed E-state index contributed by atoms with van der Waals surface area (Å²) in [4.78, 5) is 24.2. The van der Waals surface area contributed by atoms with Gasteiger partial charge in [-0.25, -0.2) is 4.79 Å². The lowest BCUT2D eigenvalue weighted by molar-refractivity contribution is 0.0694. The van der Waals surface area contributed by atoms with Crippen LogP contribution in [-0.2, 0) is 4.74 Å². The zero-order valence-corrected chi connectivity index (χ0v) is 10.5. The van der Waals surface area contributed by atoms with E-state index in [1.807, 2.05) is 0 Å². The summed E-state index contributed by atoms with van der Waals surface area (Å²) in [5.74, 6) is -1.12. The largest absolute Gasteiger partial charge is 0.478 e. The van der Waals surface area contributed by atoms with Crippen LogP contribution in [0.1, 0.15) is 27.1 Å². The zero-order valence-electron chi connectivity index (χ0n) is 10.5. The van der Waals surface area contributed by atoms with Crippen LogP contribution in [0.2, 0.25) is 0 Å². The van der Waals surface area contributed by atoms with Gasteiger partial charge in [0.15, 0.2) is 0 Å². The molecule has 1 amide bonds. The Hall–Kier alpha value is -1.88. The van der Waals surface area contributed by atoms with Crippen molar-refractivity contribution >= 4 is 11.9 Å². The van der Waals surface area contributed by atoms with E-state index in [1.165, 1.54) is 24.3 Å². The molecule has 0 aliphatic heterocycles. The summed E-state index contributed by atoms with van der Waals surface area (Å²) in [6, 6.07) is 5.91. The molecule has 0 fully saturated rings.